The predicted octanol–water partition coefficient (Wildman–Crippen LogP) is 0.370. The van der Waals surface area contributed by atoms with Gasteiger partial charge < -0.3 is 28.3 Å². The van der Waals surface area contributed by atoms with E-state index in [0.29, 0.717) is 12.6 Å². The second kappa shape index (κ2) is 8.66. The van der Waals surface area contributed by atoms with Crippen LogP contribution in [0.25, 0.3) is 0 Å². The lowest BCUT2D eigenvalue weighted by Gasteiger charge is -2.36. The molecule has 0 spiro atoms. The van der Waals surface area contributed by atoms with Crippen molar-refractivity contribution in [1.82, 2.24) is 4.90 Å². The molecule has 0 aromatic rings. The van der Waals surface area contributed by atoms with Gasteiger partial charge in [0.2, 0.25) is 0 Å². The number of amides is 2. The van der Waals surface area contributed by atoms with E-state index in [4.69, 9.17) is 23.4 Å². The molecule has 19 heavy (non-hydrogen) atoms. The third-order valence-corrected chi connectivity index (χ3v) is 7.75. The highest BCUT2D eigenvalue weighted by Crippen LogP contribution is 2.15. The Bertz CT molecular complexity index is 275. The zero-order valence-electron chi connectivity index (χ0n) is 12.6. The Morgan fingerprint density at radius 1 is 1.26 bits per heavy atom. The number of carbonyl (C=O) groups excluding carboxylic acids is 1. The molecule has 1 unspecified atom stereocenters. The van der Waals surface area contributed by atoms with E-state index in [1.807, 2.05) is 13.5 Å². The molecule has 0 rings (SSSR count). The molecule has 0 aliphatic carbocycles. The quantitative estimate of drug-likeness (QED) is 0.622. The van der Waals surface area contributed by atoms with E-state index in [2.05, 4.69) is 0 Å². The molecule has 2 N–H and O–H groups in total. The predicted molar refractivity (Wildman–Crippen MR) is 75.8 cm³/mol. The van der Waals surface area contributed by atoms with Gasteiger partial charge >= 0.3 is 23.9 Å². The second-order valence-electron chi connectivity index (χ2n) is 4.16. The number of urea groups is 1. The van der Waals surface area contributed by atoms with Crippen LogP contribution in [0.2, 0.25) is 6.55 Å². The van der Waals surface area contributed by atoms with Gasteiger partial charge in [0, 0.05) is 28.4 Å². The molecule has 1 atom stereocenters. The maximum atomic E-state index is 11.7. The van der Waals surface area contributed by atoms with Crippen molar-refractivity contribution in [3.05, 3.63) is 0 Å². The highest BCUT2D eigenvalue weighted by atomic mass is 28.4. The Morgan fingerprint density at radius 2 is 1.74 bits per heavy atom. The molecule has 0 saturated carbocycles. The van der Waals surface area contributed by atoms with E-state index >= 15 is 0 Å². The fourth-order valence-corrected chi connectivity index (χ4v) is 4.85. The van der Waals surface area contributed by atoms with Gasteiger partial charge in [-0.3, -0.25) is 0 Å². The highest BCUT2D eigenvalue weighted by Gasteiger charge is 2.40. The summed E-state index contributed by atoms with van der Waals surface area (Å²) in [6.07, 6.45) is 1.03. The van der Waals surface area contributed by atoms with Crippen molar-refractivity contribution in [3.8, 4) is 0 Å². The number of hydrogen-bond donors (Lipinski definition) is 1. The van der Waals surface area contributed by atoms with Gasteiger partial charge in [0.25, 0.3) is 0 Å². The molecule has 0 heterocycles. The second-order valence-corrected chi connectivity index (χ2v) is 9.68. The first-order chi connectivity index (χ1) is 8.88. The van der Waals surface area contributed by atoms with Crippen molar-refractivity contribution < 1.29 is 22.5 Å². The Balaban J connectivity index is 5.12. The van der Waals surface area contributed by atoms with Crippen molar-refractivity contribution in [2.24, 2.45) is 5.73 Å². The van der Waals surface area contributed by atoms with E-state index in [9.17, 15) is 4.79 Å². The normalized spacial score (nSPS) is 13.6. The number of hydrogen-bond acceptors (Lipinski definition) is 5. The summed E-state index contributed by atoms with van der Waals surface area (Å²) in [4.78, 5) is 13.3. The van der Waals surface area contributed by atoms with Gasteiger partial charge in [0.1, 0.15) is 0 Å². The van der Waals surface area contributed by atoms with E-state index in [1.165, 1.54) is 0 Å². The molecule has 0 aromatic heterocycles. The molecule has 2 amide bonds. The monoisotopic (exact) mass is 309 g/mol. The summed E-state index contributed by atoms with van der Waals surface area (Å²) in [5.41, 5.74) is 5.29. The van der Waals surface area contributed by atoms with Crippen LogP contribution >= 0.6 is 0 Å². The minimum Gasteiger partial charge on any atom is -0.397 e. The van der Waals surface area contributed by atoms with E-state index in [1.54, 1.807) is 33.3 Å². The van der Waals surface area contributed by atoms with E-state index in [0.717, 1.165) is 0 Å². The molecule has 1 radical (unpaired) electrons. The van der Waals surface area contributed by atoms with Crippen molar-refractivity contribution in [2.75, 3.05) is 34.6 Å². The lowest BCUT2D eigenvalue weighted by atomic mass is 10.4. The first kappa shape index (κ1) is 18.5. The largest absolute Gasteiger partial charge is 0.409 e. The molecule has 0 fully saturated rings. The standard InChI is InChI=1S/C10H25N2O5Si2/c1-7-9(18(14-2)15-3)12(10(11)13)8-19(6,16-4)17-5/h9H,7-8H2,1-6H3,(H2,11,13). The summed E-state index contributed by atoms with van der Waals surface area (Å²) in [6.45, 7) is 3.84. The first-order valence-electron chi connectivity index (χ1n) is 6.00. The fourth-order valence-electron chi connectivity index (χ4n) is 1.73. The Hall–Kier alpha value is -0.456. The Kier molecular flexibility index (Phi) is 8.45. The summed E-state index contributed by atoms with van der Waals surface area (Å²) in [7, 11) is 2.25. The smallest absolute Gasteiger partial charge is 0.397 e. The van der Waals surface area contributed by atoms with Crippen molar-refractivity contribution in [1.29, 1.82) is 0 Å². The SMILES string of the molecule is CCC(N(C[Si](C)(OC)OC)C(N)=O)[Si](OC)OC. The minimum atomic E-state index is -2.44. The van der Waals surface area contributed by atoms with Gasteiger partial charge in [-0.2, -0.15) is 0 Å². The Morgan fingerprint density at radius 3 is 2.00 bits per heavy atom. The molecular formula is C10H25N2O5Si2. The fraction of sp³-hybridized carbons (Fsp3) is 0.900. The van der Waals surface area contributed by atoms with Gasteiger partial charge in [-0.25, -0.2) is 4.79 Å². The zero-order chi connectivity index (χ0) is 15.1. The maximum Gasteiger partial charge on any atom is 0.409 e. The van der Waals surface area contributed by atoms with Gasteiger partial charge in [-0.1, -0.05) is 6.92 Å². The molecule has 0 bridgehead atoms. The summed E-state index contributed by atoms with van der Waals surface area (Å²) in [5.74, 6) is 0. The molecular weight excluding hydrogens is 284 g/mol. The summed E-state index contributed by atoms with van der Waals surface area (Å²) in [6, 6.07) is -0.517. The molecule has 9 heteroatoms. The topological polar surface area (TPSA) is 83.2 Å². The summed E-state index contributed by atoms with van der Waals surface area (Å²) in [5, 5.41) is 0. The molecule has 0 aliphatic rings. The number of nitrogens with zero attached hydrogens (tertiary/aromatic N) is 1. The number of nitrogens with two attached hydrogens (primary N) is 1. The third-order valence-electron chi connectivity index (χ3n) is 3.04. The molecule has 7 nitrogen and oxygen atoms in total. The van der Waals surface area contributed by atoms with E-state index < -0.39 is 23.9 Å². The van der Waals surface area contributed by atoms with Crippen LogP contribution in [-0.4, -0.2) is 69.0 Å². The lowest BCUT2D eigenvalue weighted by Crippen LogP contribution is -2.59. The van der Waals surface area contributed by atoms with Crippen LogP contribution in [0.5, 0.6) is 0 Å². The zero-order valence-corrected chi connectivity index (χ0v) is 14.6. The van der Waals surface area contributed by atoms with Crippen LogP contribution in [0.4, 0.5) is 4.79 Å². The van der Waals surface area contributed by atoms with Crippen LogP contribution in [-0.2, 0) is 17.7 Å². The summed E-state index contributed by atoms with van der Waals surface area (Å²) < 4.78 is 21.5. The minimum absolute atomic E-state index is 0.186. The van der Waals surface area contributed by atoms with Crippen LogP contribution in [0.15, 0.2) is 0 Å². The lowest BCUT2D eigenvalue weighted by molar-refractivity contribution is 0.167. The molecule has 0 saturated heterocycles. The maximum absolute atomic E-state index is 11.7. The van der Waals surface area contributed by atoms with Gasteiger partial charge in [-0.15, -0.1) is 0 Å². The number of primary amides is 1. The Labute approximate surface area is 118 Å². The van der Waals surface area contributed by atoms with Crippen molar-refractivity contribution in [3.63, 3.8) is 0 Å². The van der Waals surface area contributed by atoms with Crippen molar-refractivity contribution in [2.45, 2.75) is 25.6 Å². The first-order valence-corrected chi connectivity index (χ1v) is 9.92. The van der Waals surface area contributed by atoms with Crippen LogP contribution < -0.4 is 5.73 Å². The van der Waals surface area contributed by atoms with Gasteiger partial charge in [0.15, 0.2) is 0 Å². The summed E-state index contributed by atoms with van der Waals surface area (Å²) >= 11 is 0. The number of rotatable bonds is 9. The molecule has 0 aromatic carbocycles. The number of carbonyl (C=O) groups is 1. The van der Waals surface area contributed by atoms with Crippen LogP contribution in [0, 0.1) is 0 Å². The average molecular weight is 309 g/mol. The van der Waals surface area contributed by atoms with Crippen LogP contribution in [0.3, 0.4) is 0 Å². The third kappa shape index (κ3) is 5.20. The molecule has 113 valence electrons. The highest BCUT2D eigenvalue weighted by molar-refractivity contribution is 6.66. The average Bonchev–Trinajstić information content (AvgIpc) is 2.42. The van der Waals surface area contributed by atoms with Gasteiger partial charge in [0.05, 0.1) is 11.8 Å². The van der Waals surface area contributed by atoms with E-state index in [-0.39, 0.29) is 5.67 Å². The van der Waals surface area contributed by atoms with Gasteiger partial charge in [-0.05, 0) is 13.0 Å². The van der Waals surface area contributed by atoms with Crippen LogP contribution in [0.1, 0.15) is 13.3 Å². The molecule has 0 aliphatic heterocycles. The van der Waals surface area contributed by atoms with Crippen molar-refractivity contribution >= 4 is 23.9 Å².